The zero-order valence-corrected chi connectivity index (χ0v) is 12.9. The average Bonchev–Trinajstić information content (AvgIpc) is 2.55. The molecule has 22 heavy (non-hydrogen) atoms. The van der Waals surface area contributed by atoms with Crippen molar-refractivity contribution in [3.63, 3.8) is 0 Å². The Kier molecular flexibility index (Phi) is 4.05. The van der Waals surface area contributed by atoms with Crippen molar-refractivity contribution in [2.24, 2.45) is 0 Å². The molecule has 0 saturated heterocycles. The molecule has 3 heteroatoms. The van der Waals surface area contributed by atoms with Crippen LogP contribution in [0.5, 0.6) is 0 Å². The minimum Gasteiger partial charge on any atom is -0.322 e. The van der Waals surface area contributed by atoms with E-state index >= 15 is 0 Å². The van der Waals surface area contributed by atoms with Gasteiger partial charge in [-0.2, -0.15) is 0 Å². The summed E-state index contributed by atoms with van der Waals surface area (Å²) in [5.74, 6) is -0.0700. The van der Waals surface area contributed by atoms with Crippen LogP contribution in [0.25, 0.3) is 0 Å². The molecule has 1 amide bonds. The Labute approximate surface area is 131 Å². The Morgan fingerprint density at radius 2 is 2.14 bits per heavy atom. The van der Waals surface area contributed by atoms with Crippen LogP contribution in [0.15, 0.2) is 48.8 Å². The van der Waals surface area contributed by atoms with Gasteiger partial charge in [-0.05, 0) is 60.6 Å². The van der Waals surface area contributed by atoms with Crippen LogP contribution in [0.1, 0.15) is 40.4 Å². The molecule has 0 unspecified atom stereocenters. The van der Waals surface area contributed by atoms with Crippen LogP contribution in [0, 0.1) is 0 Å². The number of allylic oxidation sites excluding steroid dienone is 1. The van der Waals surface area contributed by atoms with Crippen molar-refractivity contribution in [3.8, 4) is 0 Å². The van der Waals surface area contributed by atoms with Gasteiger partial charge in [-0.1, -0.05) is 25.1 Å². The largest absolute Gasteiger partial charge is 0.322 e. The Hall–Kier alpha value is -2.42. The number of anilines is 1. The Bertz CT molecular complexity index is 734. The second-order valence-electron chi connectivity index (χ2n) is 5.75. The van der Waals surface area contributed by atoms with Crippen LogP contribution in [-0.2, 0) is 19.3 Å². The first-order valence-corrected chi connectivity index (χ1v) is 7.70. The fraction of sp³-hybridized carbons (Fsp3) is 0.263. The predicted octanol–water partition coefficient (Wildman–Crippen LogP) is 3.94. The van der Waals surface area contributed by atoms with Crippen LogP contribution in [0.4, 0.5) is 5.69 Å². The van der Waals surface area contributed by atoms with Crippen molar-refractivity contribution < 1.29 is 4.79 Å². The number of benzene rings is 1. The number of aryl methyl sites for hydroxylation is 2. The summed E-state index contributed by atoms with van der Waals surface area (Å²) in [6.45, 7) is 6.09. The van der Waals surface area contributed by atoms with Crippen LogP contribution >= 0.6 is 0 Å². The van der Waals surface area contributed by atoms with E-state index in [9.17, 15) is 4.79 Å². The SMILES string of the molecule is C=C1CCc2cc(NC(=O)c3ccncc3CC)ccc2C1. The zero-order chi connectivity index (χ0) is 15.5. The summed E-state index contributed by atoms with van der Waals surface area (Å²) in [7, 11) is 0. The quantitative estimate of drug-likeness (QED) is 0.871. The maximum Gasteiger partial charge on any atom is 0.256 e. The molecule has 1 heterocycles. The molecular weight excluding hydrogens is 272 g/mol. The highest BCUT2D eigenvalue weighted by Gasteiger charge is 2.14. The van der Waals surface area contributed by atoms with Gasteiger partial charge in [0.15, 0.2) is 0 Å². The number of hydrogen-bond donors (Lipinski definition) is 1. The highest BCUT2D eigenvalue weighted by molar-refractivity contribution is 6.05. The lowest BCUT2D eigenvalue weighted by atomic mass is 9.88. The van der Waals surface area contributed by atoms with Gasteiger partial charge in [0.1, 0.15) is 0 Å². The third-order valence-electron chi connectivity index (χ3n) is 4.18. The van der Waals surface area contributed by atoms with Gasteiger partial charge >= 0.3 is 0 Å². The van der Waals surface area contributed by atoms with Crippen molar-refractivity contribution in [2.75, 3.05) is 5.32 Å². The van der Waals surface area contributed by atoms with Gasteiger partial charge in [0.05, 0.1) is 0 Å². The summed E-state index contributed by atoms with van der Waals surface area (Å²) < 4.78 is 0. The van der Waals surface area contributed by atoms with E-state index in [1.807, 2.05) is 13.0 Å². The number of amides is 1. The van der Waals surface area contributed by atoms with E-state index in [-0.39, 0.29) is 5.91 Å². The van der Waals surface area contributed by atoms with Gasteiger partial charge < -0.3 is 5.32 Å². The van der Waals surface area contributed by atoms with Gasteiger partial charge in [-0.3, -0.25) is 9.78 Å². The van der Waals surface area contributed by atoms with E-state index in [0.717, 1.165) is 36.9 Å². The smallest absolute Gasteiger partial charge is 0.256 e. The number of rotatable bonds is 3. The fourth-order valence-corrected chi connectivity index (χ4v) is 2.91. The average molecular weight is 292 g/mol. The maximum absolute atomic E-state index is 12.5. The van der Waals surface area contributed by atoms with E-state index in [1.165, 1.54) is 16.7 Å². The third-order valence-corrected chi connectivity index (χ3v) is 4.18. The predicted molar refractivity (Wildman–Crippen MR) is 89.2 cm³/mol. The molecule has 0 atom stereocenters. The molecule has 0 saturated carbocycles. The first-order chi connectivity index (χ1) is 10.7. The number of aromatic nitrogens is 1. The molecule has 0 fully saturated rings. The topological polar surface area (TPSA) is 42.0 Å². The lowest BCUT2D eigenvalue weighted by molar-refractivity contribution is 0.102. The molecule has 0 aliphatic heterocycles. The van der Waals surface area contributed by atoms with E-state index in [4.69, 9.17) is 0 Å². The van der Waals surface area contributed by atoms with Gasteiger partial charge in [0.2, 0.25) is 0 Å². The van der Waals surface area contributed by atoms with E-state index in [1.54, 1.807) is 18.5 Å². The van der Waals surface area contributed by atoms with Crippen molar-refractivity contribution in [2.45, 2.75) is 32.6 Å². The summed E-state index contributed by atoms with van der Waals surface area (Å²) in [6.07, 6.45) is 7.21. The number of nitrogens with one attached hydrogen (secondary N) is 1. The molecule has 2 aromatic rings. The van der Waals surface area contributed by atoms with E-state index in [0.29, 0.717) is 5.56 Å². The van der Waals surface area contributed by atoms with Crippen molar-refractivity contribution in [1.29, 1.82) is 0 Å². The third kappa shape index (κ3) is 2.93. The Balaban J connectivity index is 1.81. The number of pyridine rings is 1. The lowest BCUT2D eigenvalue weighted by Crippen LogP contribution is -2.15. The summed E-state index contributed by atoms with van der Waals surface area (Å²) >= 11 is 0. The second-order valence-corrected chi connectivity index (χ2v) is 5.75. The van der Waals surface area contributed by atoms with Gasteiger partial charge in [-0.25, -0.2) is 0 Å². The molecule has 1 aliphatic carbocycles. The minimum absolute atomic E-state index is 0.0700. The highest BCUT2D eigenvalue weighted by atomic mass is 16.1. The monoisotopic (exact) mass is 292 g/mol. The number of fused-ring (bicyclic) bond motifs is 1. The first kappa shape index (κ1) is 14.5. The number of carbonyl (C=O) groups excluding carboxylic acids is 1. The standard InChI is InChI=1S/C19H20N2O/c1-3-14-12-20-9-8-18(14)19(22)21-17-7-6-15-10-13(2)4-5-16(15)11-17/h6-9,11-12H,2-5,10H2,1H3,(H,21,22). The van der Waals surface area contributed by atoms with E-state index < -0.39 is 0 Å². The summed E-state index contributed by atoms with van der Waals surface area (Å²) in [5.41, 5.74) is 6.45. The van der Waals surface area contributed by atoms with Gasteiger partial charge in [0, 0.05) is 23.6 Å². The van der Waals surface area contributed by atoms with Crippen molar-refractivity contribution in [1.82, 2.24) is 4.98 Å². The molecule has 1 aromatic carbocycles. The zero-order valence-electron chi connectivity index (χ0n) is 12.9. The molecule has 0 spiro atoms. The minimum atomic E-state index is -0.0700. The van der Waals surface area contributed by atoms with Crippen LogP contribution in [0.2, 0.25) is 0 Å². The van der Waals surface area contributed by atoms with Gasteiger partial charge in [0.25, 0.3) is 5.91 Å². The Morgan fingerprint density at radius 1 is 1.27 bits per heavy atom. The van der Waals surface area contributed by atoms with E-state index in [2.05, 4.69) is 29.0 Å². The van der Waals surface area contributed by atoms with Crippen LogP contribution < -0.4 is 5.32 Å². The number of carbonyl (C=O) groups is 1. The Morgan fingerprint density at radius 3 is 2.95 bits per heavy atom. The van der Waals surface area contributed by atoms with Crippen LogP contribution in [-0.4, -0.2) is 10.9 Å². The number of hydrogen-bond acceptors (Lipinski definition) is 2. The fourth-order valence-electron chi connectivity index (χ4n) is 2.91. The van der Waals surface area contributed by atoms with Crippen LogP contribution in [0.3, 0.4) is 0 Å². The van der Waals surface area contributed by atoms with Gasteiger partial charge in [-0.15, -0.1) is 0 Å². The summed E-state index contributed by atoms with van der Waals surface area (Å²) in [5, 5.41) is 3.01. The molecule has 0 bridgehead atoms. The molecule has 1 aromatic heterocycles. The first-order valence-electron chi connectivity index (χ1n) is 7.70. The summed E-state index contributed by atoms with van der Waals surface area (Å²) in [4.78, 5) is 16.5. The number of nitrogens with zero attached hydrogens (tertiary/aromatic N) is 1. The molecular formula is C19H20N2O. The molecule has 3 rings (SSSR count). The molecule has 3 nitrogen and oxygen atoms in total. The normalized spacial score (nSPS) is 13.6. The highest BCUT2D eigenvalue weighted by Crippen LogP contribution is 2.26. The van der Waals surface area contributed by atoms with Crippen molar-refractivity contribution >= 4 is 11.6 Å². The summed E-state index contributed by atoms with van der Waals surface area (Å²) in [6, 6.07) is 7.94. The van der Waals surface area contributed by atoms with Crippen molar-refractivity contribution in [3.05, 3.63) is 71.1 Å². The molecule has 1 aliphatic rings. The molecule has 0 radical (unpaired) electrons. The molecule has 1 N–H and O–H groups in total. The molecule has 112 valence electrons. The lowest BCUT2D eigenvalue weighted by Gasteiger charge is -2.19. The maximum atomic E-state index is 12.5. The second kappa shape index (κ2) is 6.14.